The molecule has 1 fully saturated rings. The first-order valence-electron chi connectivity index (χ1n) is 9.92. The molecule has 1 aliphatic rings. The number of rotatable bonds is 8. The molecule has 1 aromatic heterocycles. The standard InChI is InChI=1S/C21H27N3O5/c1-27-17-9-4-3-7-15(17)10-11-18-22-23-19(29-18)12-13-20(25)24-14-6-5-8-16(24)21(26)28-2/h3-4,7,9,16H,5-6,8,10-14H2,1-2H3/t16-/m0/s1. The number of benzene rings is 1. The molecule has 0 unspecified atom stereocenters. The van der Waals surface area contributed by atoms with Crippen LogP contribution in [-0.2, 0) is 33.6 Å². The van der Waals surface area contributed by atoms with Gasteiger partial charge in [0.2, 0.25) is 17.7 Å². The molecule has 2 heterocycles. The van der Waals surface area contributed by atoms with Gasteiger partial charge >= 0.3 is 5.97 Å². The Morgan fingerprint density at radius 3 is 2.62 bits per heavy atom. The number of carbonyl (C=O) groups excluding carboxylic acids is 2. The predicted molar refractivity (Wildman–Crippen MR) is 104 cm³/mol. The third-order valence-corrected chi connectivity index (χ3v) is 5.16. The van der Waals surface area contributed by atoms with Crippen LogP contribution in [0.1, 0.15) is 43.0 Å². The van der Waals surface area contributed by atoms with Crippen LogP contribution < -0.4 is 4.74 Å². The number of likely N-dealkylation sites (tertiary alicyclic amines) is 1. The minimum absolute atomic E-state index is 0.0890. The van der Waals surface area contributed by atoms with Crippen LogP contribution >= 0.6 is 0 Å². The summed E-state index contributed by atoms with van der Waals surface area (Å²) < 4.78 is 15.9. The molecule has 0 aliphatic carbocycles. The zero-order valence-corrected chi connectivity index (χ0v) is 16.9. The number of aromatic nitrogens is 2. The Morgan fingerprint density at radius 1 is 1.10 bits per heavy atom. The molecule has 1 aromatic carbocycles. The third kappa shape index (κ3) is 5.34. The van der Waals surface area contributed by atoms with Gasteiger partial charge in [-0.2, -0.15) is 0 Å². The maximum atomic E-state index is 12.6. The van der Waals surface area contributed by atoms with Gasteiger partial charge in [-0.1, -0.05) is 18.2 Å². The fraction of sp³-hybridized carbons (Fsp3) is 0.524. The minimum atomic E-state index is -0.486. The largest absolute Gasteiger partial charge is 0.496 e. The molecule has 0 radical (unpaired) electrons. The van der Waals surface area contributed by atoms with Gasteiger partial charge in [0, 0.05) is 25.8 Å². The molecule has 29 heavy (non-hydrogen) atoms. The lowest BCUT2D eigenvalue weighted by atomic mass is 10.0. The number of ether oxygens (including phenoxy) is 2. The maximum Gasteiger partial charge on any atom is 0.328 e. The first-order chi connectivity index (χ1) is 14.1. The smallest absolute Gasteiger partial charge is 0.328 e. The van der Waals surface area contributed by atoms with Gasteiger partial charge in [0.1, 0.15) is 11.8 Å². The summed E-state index contributed by atoms with van der Waals surface area (Å²) >= 11 is 0. The van der Waals surface area contributed by atoms with Crippen molar-refractivity contribution >= 4 is 11.9 Å². The number of methoxy groups -OCH3 is 2. The quantitative estimate of drug-likeness (QED) is 0.627. The normalized spacial score (nSPS) is 16.5. The number of carbonyl (C=O) groups is 2. The molecule has 0 spiro atoms. The van der Waals surface area contributed by atoms with Crippen LogP contribution in [0, 0.1) is 0 Å². The summed E-state index contributed by atoms with van der Waals surface area (Å²) in [5, 5.41) is 8.13. The lowest BCUT2D eigenvalue weighted by Gasteiger charge is -2.33. The predicted octanol–water partition coefficient (Wildman–Crippen LogP) is 2.35. The second kappa shape index (κ2) is 10.0. The molecular formula is C21H27N3O5. The third-order valence-electron chi connectivity index (χ3n) is 5.16. The van der Waals surface area contributed by atoms with Crippen molar-refractivity contribution in [3.63, 3.8) is 0 Å². The zero-order chi connectivity index (χ0) is 20.6. The molecule has 0 N–H and O–H groups in total. The average molecular weight is 401 g/mol. The summed E-state index contributed by atoms with van der Waals surface area (Å²) in [5.41, 5.74) is 1.07. The van der Waals surface area contributed by atoms with Gasteiger partial charge in [0.15, 0.2) is 0 Å². The van der Waals surface area contributed by atoms with E-state index in [-0.39, 0.29) is 18.3 Å². The van der Waals surface area contributed by atoms with E-state index in [1.807, 2.05) is 24.3 Å². The van der Waals surface area contributed by atoms with Crippen LogP contribution in [0.5, 0.6) is 5.75 Å². The fourth-order valence-electron chi connectivity index (χ4n) is 3.61. The second-order valence-electron chi connectivity index (χ2n) is 7.02. The van der Waals surface area contributed by atoms with Crippen molar-refractivity contribution in [2.75, 3.05) is 20.8 Å². The van der Waals surface area contributed by atoms with E-state index in [0.717, 1.165) is 30.6 Å². The van der Waals surface area contributed by atoms with Crippen molar-refractivity contribution in [2.24, 2.45) is 0 Å². The molecule has 8 nitrogen and oxygen atoms in total. The molecule has 3 rings (SSSR count). The SMILES string of the molecule is COC(=O)[C@@H]1CCCCN1C(=O)CCc1nnc(CCc2ccccc2OC)o1. The molecule has 8 heteroatoms. The van der Waals surface area contributed by atoms with Gasteiger partial charge in [-0.05, 0) is 37.3 Å². The highest BCUT2D eigenvalue weighted by atomic mass is 16.5. The number of piperidine rings is 1. The van der Waals surface area contributed by atoms with Crippen LogP contribution in [0.4, 0.5) is 0 Å². The number of hydrogen-bond donors (Lipinski definition) is 0. The molecule has 0 saturated carbocycles. The van der Waals surface area contributed by atoms with E-state index in [0.29, 0.717) is 37.6 Å². The number of nitrogens with zero attached hydrogens (tertiary/aromatic N) is 3. The van der Waals surface area contributed by atoms with Gasteiger partial charge in [-0.25, -0.2) is 4.79 Å². The van der Waals surface area contributed by atoms with Gasteiger partial charge < -0.3 is 18.8 Å². The molecule has 1 saturated heterocycles. The number of esters is 1. The van der Waals surface area contributed by atoms with Crippen molar-refractivity contribution in [2.45, 2.75) is 51.0 Å². The lowest BCUT2D eigenvalue weighted by molar-refractivity contribution is -0.154. The summed E-state index contributed by atoms with van der Waals surface area (Å²) in [5.74, 6) is 1.35. The van der Waals surface area contributed by atoms with Crippen LogP contribution in [0.15, 0.2) is 28.7 Å². The highest BCUT2D eigenvalue weighted by molar-refractivity contribution is 5.84. The number of amides is 1. The number of hydrogen-bond acceptors (Lipinski definition) is 7. The Bertz CT molecular complexity index is 835. The van der Waals surface area contributed by atoms with Gasteiger partial charge in [-0.3, -0.25) is 4.79 Å². The first-order valence-corrected chi connectivity index (χ1v) is 9.92. The zero-order valence-electron chi connectivity index (χ0n) is 16.9. The summed E-state index contributed by atoms with van der Waals surface area (Å²) in [6.45, 7) is 0.576. The maximum absolute atomic E-state index is 12.6. The van der Waals surface area contributed by atoms with Gasteiger partial charge in [0.25, 0.3) is 0 Å². The van der Waals surface area contributed by atoms with Gasteiger partial charge in [0.05, 0.1) is 14.2 Å². The van der Waals surface area contributed by atoms with E-state index < -0.39 is 6.04 Å². The Kier molecular flexibility index (Phi) is 7.21. The Labute approximate surface area is 170 Å². The average Bonchev–Trinajstić information content (AvgIpc) is 3.23. The van der Waals surface area contributed by atoms with Crippen molar-refractivity contribution < 1.29 is 23.5 Å². The Morgan fingerprint density at radius 2 is 1.86 bits per heavy atom. The highest BCUT2D eigenvalue weighted by Crippen LogP contribution is 2.21. The molecule has 1 aliphatic heterocycles. The van der Waals surface area contributed by atoms with Crippen molar-refractivity contribution in [1.82, 2.24) is 15.1 Å². The van der Waals surface area contributed by atoms with E-state index in [9.17, 15) is 9.59 Å². The van der Waals surface area contributed by atoms with E-state index in [1.165, 1.54) is 7.11 Å². The molecular weight excluding hydrogens is 374 g/mol. The molecule has 0 bridgehead atoms. The lowest BCUT2D eigenvalue weighted by Crippen LogP contribution is -2.48. The summed E-state index contributed by atoms with van der Waals surface area (Å²) in [6, 6.07) is 7.33. The minimum Gasteiger partial charge on any atom is -0.496 e. The van der Waals surface area contributed by atoms with Crippen molar-refractivity contribution in [3.05, 3.63) is 41.6 Å². The number of para-hydroxylation sites is 1. The molecule has 2 aromatic rings. The van der Waals surface area contributed by atoms with Crippen LogP contribution in [0.2, 0.25) is 0 Å². The van der Waals surface area contributed by atoms with Crippen LogP contribution in [-0.4, -0.2) is 53.8 Å². The first kappa shape index (κ1) is 20.8. The van der Waals surface area contributed by atoms with E-state index in [4.69, 9.17) is 13.9 Å². The topological polar surface area (TPSA) is 94.8 Å². The summed E-state index contributed by atoms with van der Waals surface area (Å²) in [7, 11) is 3.00. The molecule has 156 valence electrons. The summed E-state index contributed by atoms with van der Waals surface area (Å²) in [6.07, 6.45) is 4.35. The number of aryl methyl sites for hydroxylation is 3. The van der Waals surface area contributed by atoms with E-state index in [1.54, 1.807) is 12.0 Å². The Hall–Kier alpha value is -2.90. The molecule has 1 amide bonds. The van der Waals surface area contributed by atoms with Gasteiger partial charge in [-0.15, -0.1) is 10.2 Å². The monoisotopic (exact) mass is 401 g/mol. The van der Waals surface area contributed by atoms with Crippen LogP contribution in [0.25, 0.3) is 0 Å². The van der Waals surface area contributed by atoms with Crippen molar-refractivity contribution in [1.29, 1.82) is 0 Å². The van der Waals surface area contributed by atoms with Crippen LogP contribution in [0.3, 0.4) is 0 Å². The highest BCUT2D eigenvalue weighted by Gasteiger charge is 2.32. The molecule has 1 atom stereocenters. The van der Waals surface area contributed by atoms with E-state index in [2.05, 4.69) is 10.2 Å². The van der Waals surface area contributed by atoms with E-state index >= 15 is 0 Å². The Balaban J connectivity index is 1.52. The van der Waals surface area contributed by atoms with Crippen molar-refractivity contribution in [3.8, 4) is 5.75 Å². The second-order valence-corrected chi connectivity index (χ2v) is 7.02. The summed E-state index contributed by atoms with van der Waals surface area (Å²) in [4.78, 5) is 26.2. The fourth-order valence-corrected chi connectivity index (χ4v) is 3.61.